The molecule has 0 saturated carbocycles. The van der Waals surface area contributed by atoms with Crippen LogP contribution in [-0.2, 0) is 4.74 Å². The first-order valence-corrected chi connectivity index (χ1v) is 6.35. The number of carbonyl (C=O) groups is 2. The lowest BCUT2D eigenvalue weighted by molar-refractivity contribution is 0.0531. The summed E-state index contributed by atoms with van der Waals surface area (Å²) in [4.78, 5) is 27.8. The Morgan fingerprint density at radius 3 is 2.72 bits per heavy atom. The van der Waals surface area contributed by atoms with Crippen molar-refractivity contribution in [3.8, 4) is 0 Å². The Hall–Kier alpha value is -1.47. The summed E-state index contributed by atoms with van der Waals surface area (Å²) in [5.41, 5.74) is -0.102. The molecule has 0 saturated heterocycles. The highest BCUT2D eigenvalue weighted by atomic mass is 32.1. The Bertz CT molecular complexity index is 430. The molecule has 0 aliphatic carbocycles. The number of likely N-dealkylation sites (N-methyl/N-ethyl adjacent to an activating group) is 1. The number of hydrogen-bond donors (Lipinski definition) is 1. The van der Waals surface area contributed by atoms with Crippen LogP contribution in [0, 0.1) is 0 Å². The molecule has 1 amide bonds. The molecule has 0 aliphatic heterocycles. The minimum absolute atomic E-state index is 0.102. The molecular formula is C11H16N2O4S. The van der Waals surface area contributed by atoms with Gasteiger partial charge in [-0.15, -0.1) is 11.3 Å². The number of ether oxygens (including phenoxy) is 1. The minimum atomic E-state index is -1.13. The second-order valence-electron chi connectivity index (χ2n) is 3.99. The number of carboxylic acids is 1. The van der Waals surface area contributed by atoms with Crippen molar-refractivity contribution in [3.05, 3.63) is 16.1 Å². The van der Waals surface area contributed by atoms with Crippen LogP contribution in [-0.4, -0.2) is 53.2 Å². The van der Waals surface area contributed by atoms with Gasteiger partial charge in [-0.3, -0.25) is 4.79 Å². The van der Waals surface area contributed by atoms with Crippen LogP contribution in [0.3, 0.4) is 0 Å². The van der Waals surface area contributed by atoms with E-state index < -0.39 is 5.97 Å². The topological polar surface area (TPSA) is 79.7 Å². The summed E-state index contributed by atoms with van der Waals surface area (Å²) >= 11 is 1.03. The van der Waals surface area contributed by atoms with Gasteiger partial charge in [0.15, 0.2) is 10.7 Å². The highest BCUT2D eigenvalue weighted by Crippen LogP contribution is 2.11. The lowest BCUT2D eigenvalue weighted by Gasteiger charge is -2.16. The average molecular weight is 272 g/mol. The predicted octanol–water partition coefficient (Wildman–Crippen LogP) is 1.34. The lowest BCUT2D eigenvalue weighted by atomic mass is 10.4. The van der Waals surface area contributed by atoms with Crippen molar-refractivity contribution < 1.29 is 19.4 Å². The molecule has 0 aliphatic rings. The van der Waals surface area contributed by atoms with E-state index in [-0.39, 0.29) is 22.7 Å². The zero-order valence-electron chi connectivity index (χ0n) is 10.5. The lowest BCUT2D eigenvalue weighted by Crippen LogP contribution is -2.30. The first-order chi connectivity index (χ1) is 8.41. The minimum Gasteiger partial charge on any atom is -0.476 e. The molecule has 1 rings (SSSR count). The maximum atomic E-state index is 11.9. The van der Waals surface area contributed by atoms with Gasteiger partial charge >= 0.3 is 5.97 Å². The Balaban J connectivity index is 2.54. The molecule has 0 radical (unpaired) electrons. The van der Waals surface area contributed by atoms with Crippen molar-refractivity contribution in [2.24, 2.45) is 0 Å². The molecule has 0 unspecified atom stereocenters. The number of aromatic carboxylic acids is 1. The van der Waals surface area contributed by atoms with Gasteiger partial charge in [0.05, 0.1) is 12.7 Å². The fraction of sp³-hybridized carbons (Fsp3) is 0.545. The monoisotopic (exact) mass is 272 g/mol. The number of carboxylic acid groups (broad SMARTS) is 1. The average Bonchev–Trinajstić information content (AvgIpc) is 2.76. The van der Waals surface area contributed by atoms with E-state index in [1.807, 2.05) is 13.8 Å². The van der Waals surface area contributed by atoms with Crippen LogP contribution in [0.15, 0.2) is 5.38 Å². The third-order valence-corrected chi connectivity index (χ3v) is 2.96. The number of amides is 1. The number of aromatic nitrogens is 1. The number of hydrogen-bond acceptors (Lipinski definition) is 5. The molecule has 0 atom stereocenters. The van der Waals surface area contributed by atoms with Crippen molar-refractivity contribution >= 4 is 23.2 Å². The molecule has 7 heteroatoms. The third kappa shape index (κ3) is 4.08. The zero-order valence-corrected chi connectivity index (χ0v) is 11.4. The molecule has 18 heavy (non-hydrogen) atoms. The summed E-state index contributed by atoms with van der Waals surface area (Å²) in [5.74, 6) is -1.42. The predicted molar refractivity (Wildman–Crippen MR) is 67.1 cm³/mol. The fourth-order valence-electron chi connectivity index (χ4n) is 1.16. The van der Waals surface area contributed by atoms with E-state index in [4.69, 9.17) is 9.84 Å². The quantitative estimate of drug-likeness (QED) is 0.845. The number of thiazole rings is 1. The van der Waals surface area contributed by atoms with E-state index >= 15 is 0 Å². The number of rotatable bonds is 6. The maximum absolute atomic E-state index is 11.9. The largest absolute Gasteiger partial charge is 0.476 e. The first kappa shape index (κ1) is 14.6. The molecular weight excluding hydrogens is 256 g/mol. The van der Waals surface area contributed by atoms with E-state index in [0.29, 0.717) is 13.2 Å². The van der Waals surface area contributed by atoms with Crippen molar-refractivity contribution in [2.45, 2.75) is 20.0 Å². The summed E-state index contributed by atoms with van der Waals surface area (Å²) in [6, 6.07) is 0. The summed E-state index contributed by atoms with van der Waals surface area (Å²) in [7, 11) is 1.63. The van der Waals surface area contributed by atoms with E-state index in [9.17, 15) is 9.59 Å². The van der Waals surface area contributed by atoms with Crippen LogP contribution in [0.2, 0.25) is 0 Å². The number of nitrogens with zero attached hydrogens (tertiary/aromatic N) is 2. The summed E-state index contributed by atoms with van der Waals surface area (Å²) in [5, 5.41) is 10.3. The van der Waals surface area contributed by atoms with E-state index in [0.717, 1.165) is 11.3 Å². The second-order valence-corrected chi connectivity index (χ2v) is 4.85. The molecule has 0 aromatic carbocycles. The van der Waals surface area contributed by atoms with Crippen LogP contribution in [0.25, 0.3) is 0 Å². The van der Waals surface area contributed by atoms with Gasteiger partial charge in [0.2, 0.25) is 0 Å². The van der Waals surface area contributed by atoms with E-state index in [1.165, 1.54) is 10.3 Å². The maximum Gasteiger partial charge on any atom is 0.355 e. The highest BCUT2D eigenvalue weighted by Gasteiger charge is 2.18. The van der Waals surface area contributed by atoms with Gasteiger partial charge in [0.25, 0.3) is 5.91 Å². The van der Waals surface area contributed by atoms with Crippen LogP contribution < -0.4 is 0 Å². The first-order valence-electron chi connectivity index (χ1n) is 5.47. The number of carbonyl (C=O) groups excluding carboxylic acids is 1. The van der Waals surface area contributed by atoms with Crippen LogP contribution in [0.1, 0.15) is 34.1 Å². The molecule has 0 spiro atoms. The van der Waals surface area contributed by atoms with Crippen LogP contribution in [0.5, 0.6) is 0 Å². The van der Waals surface area contributed by atoms with Gasteiger partial charge in [-0.2, -0.15) is 0 Å². The third-order valence-electron chi connectivity index (χ3n) is 2.13. The normalized spacial score (nSPS) is 10.7. The van der Waals surface area contributed by atoms with Gasteiger partial charge in [-0.25, -0.2) is 9.78 Å². The van der Waals surface area contributed by atoms with Crippen molar-refractivity contribution in [1.82, 2.24) is 9.88 Å². The Morgan fingerprint density at radius 2 is 2.22 bits per heavy atom. The standard InChI is InChI=1S/C11H16N2O4S/c1-7(2)17-5-4-13(3)10(14)9-12-8(6-18-9)11(15)16/h6-7H,4-5H2,1-3H3,(H,15,16). The van der Waals surface area contributed by atoms with Crippen molar-refractivity contribution in [3.63, 3.8) is 0 Å². The smallest absolute Gasteiger partial charge is 0.355 e. The van der Waals surface area contributed by atoms with E-state index in [1.54, 1.807) is 7.05 Å². The molecule has 1 N–H and O–H groups in total. The van der Waals surface area contributed by atoms with Gasteiger partial charge < -0.3 is 14.7 Å². The molecule has 1 aromatic heterocycles. The molecule has 6 nitrogen and oxygen atoms in total. The van der Waals surface area contributed by atoms with E-state index in [2.05, 4.69) is 4.98 Å². The summed E-state index contributed by atoms with van der Waals surface area (Å²) < 4.78 is 5.34. The molecule has 1 aromatic rings. The fourth-order valence-corrected chi connectivity index (χ4v) is 1.94. The molecule has 100 valence electrons. The molecule has 0 bridgehead atoms. The van der Waals surface area contributed by atoms with Crippen molar-refractivity contribution in [2.75, 3.05) is 20.2 Å². The van der Waals surface area contributed by atoms with Gasteiger partial charge in [0, 0.05) is 19.0 Å². The Morgan fingerprint density at radius 1 is 1.56 bits per heavy atom. The van der Waals surface area contributed by atoms with Crippen LogP contribution >= 0.6 is 11.3 Å². The highest BCUT2D eigenvalue weighted by molar-refractivity contribution is 7.11. The molecule has 1 heterocycles. The van der Waals surface area contributed by atoms with Crippen molar-refractivity contribution in [1.29, 1.82) is 0 Å². The van der Waals surface area contributed by atoms with Crippen LogP contribution in [0.4, 0.5) is 0 Å². The second kappa shape index (κ2) is 6.46. The summed E-state index contributed by atoms with van der Waals surface area (Å²) in [6.07, 6.45) is 0.118. The Labute approximate surface area is 109 Å². The van der Waals surface area contributed by atoms with Gasteiger partial charge in [-0.1, -0.05) is 0 Å². The zero-order chi connectivity index (χ0) is 13.7. The summed E-state index contributed by atoms with van der Waals surface area (Å²) in [6.45, 7) is 4.72. The van der Waals surface area contributed by atoms with Gasteiger partial charge in [-0.05, 0) is 13.8 Å². The SMILES string of the molecule is CC(C)OCCN(C)C(=O)c1nc(C(=O)O)cs1. The Kier molecular flexibility index (Phi) is 5.24. The van der Waals surface area contributed by atoms with Gasteiger partial charge in [0.1, 0.15) is 0 Å². The molecule has 0 fully saturated rings.